The number of anilines is 1. The standard InChI is InChI=1S/C23H34N4O5S2/c1-18-5-2-3-9-25(18)10-4-8-24-22(28)16-27-20-15-19(6-7-21(20)33-17-23(27)29)34(30,31)26-11-13-32-14-12-26/h6-7,15,18H,2-5,8-14,16-17H2,1H3,(H,24,28)/t18-/m0/s1. The molecule has 11 heteroatoms. The van der Waals surface area contributed by atoms with Crippen LogP contribution < -0.4 is 10.2 Å². The van der Waals surface area contributed by atoms with Crippen molar-refractivity contribution in [2.45, 2.75) is 48.4 Å². The van der Waals surface area contributed by atoms with E-state index >= 15 is 0 Å². The Balaban J connectivity index is 1.38. The third-order valence-corrected chi connectivity index (χ3v) is 9.61. The van der Waals surface area contributed by atoms with Gasteiger partial charge in [-0.15, -0.1) is 11.8 Å². The van der Waals surface area contributed by atoms with E-state index in [1.54, 1.807) is 12.1 Å². The summed E-state index contributed by atoms with van der Waals surface area (Å²) in [6.45, 7) is 6.08. The molecule has 1 aromatic rings. The SMILES string of the molecule is C[C@H]1CCCCN1CCCNC(=O)CN1C(=O)CSc2ccc(S(=O)(=O)N3CCOCC3)cc21. The molecule has 4 rings (SSSR count). The summed E-state index contributed by atoms with van der Waals surface area (Å²) >= 11 is 1.36. The molecule has 0 spiro atoms. The number of rotatable bonds is 8. The predicted molar refractivity (Wildman–Crippen MR) is 132 cm³/mol. The summed E-state index contributed by atoms with van der Waals surface area (Å²) < 4.78 is 32.8. The molecular formula is C23H34N4O5S2. The van der Waals surface area contributed by atoms with Gasteiger partial charge < -0.3 is 19.9 Å². The van der Waals surface area contributed by atoms with Gasteiger partial charge >= 0.3 is 0 Å². The first-order chi connectivity index (χ1) is 16.4. The maximum Gasteiger partial charge on any atom is 0.243 e. The van der Waals surface area contributed by atoms with Crippen LogP contribution in [0, 0.1) is 0 Å². The molecule has 0 saturated carbocycles. The van der Waals surface area contributed by atoms with E-state index in [1.165, 1.54) is 46.3 Å². The van der Waals surface area contributed by atoms with E-state index in [0.717, 1.165) is 24.4 Å². The topological polar surface area (TPSA) is 99.3 Å². The molecular weight excluding hydrogens is 476 g/mol. The number of fused-ring (bicyclic) bond motifs is 1. The normalized spacial score (nSPS) is 22.4. The lowest BCUT2D eigenvalue weighted by Crippen LogP contribution is -2.44. The lowest BCUT2D eigenvalue weighted by Gasteiger charge is -2.33. The van der Waals surface area contributed by atoms with Gasteiger partial charge in [0.1, 0.15) is 6.54 Å². The smallest absolute Gasteiger partial charge is 0.243 e. The molecule has 0 aromatic heterocycles. The molecule has 2 amide bonds. The van der Waals surface area contributed by atoms with Gasteiger partial charge in [-0.05, 0) is 50.9 Å². The Kier molecular flexibility index (Phi) is 8.52. The lowest BCUT2D eigenvalue weighted by atomic mass is 10.0. The molecule has 188 valence electrons. The first kappa shape index (κ1) is 25.4. The number of likely N-dealkylation sites (tertiary alicyclic amines) is 1. The van der Waals surface area contributed by atoms with Gasteiger partial charge in [-0.1, -0.05) is 6.42 Å². The summed E-state index contributed by atoms with van der Waals surface area (Å²) in [5.74, 6) is -0.210. The highest BCUT2D eigenvalue weighted by molar-refractivity contribution is 8.00. The van der Waals surface area contributed by atoms with Crippen molar-refractivity contribution in [1.82, 2.24) is 14.5 Å². The van der Waals surface area contributed by atoms with Crippen molar-refractivity contribution in [3.05, 3.63) is 18.2 Å². The van der Waals surface area contributed by atoms with Crippen LogP contribution in [-0.2, 0) is 24.3 Å². The van der Waals surface area contributed by atoms with E-state index in [1.807, 2.05) is 0 Å². The molecule has 3 aliphatic heterocycles. The number of hydrogen-bond acceptors (Lipinski definition) is 7. The van der Waals surface area contributed by atoms with E-state index in [9.17, 15) is 18.0 Å². The van der Waals surface area contributed by atoms with Crippen molar-refractivity contribution in [2.24, 2.45) is 0 Å². The number of nitrogens with zero attached hydrogens (tertiary/aromatic N) is 3. The zero-order valence-electron chi connectivity index (χ0n) is 19.7. The molecule has 3 aliphatic rings. The molecule has 0 aliphatic carbocycles. The van der Waals surface area contributed by atoms with Crippen molar-refractivity contribution in [1.29, 1.82) is 0 Å². The van der Waals surface area contributed by atoms with Crippen LogP contribution in [-0.4, -0.2) is 93.7 Å². The number of benzene rings is 1. The fourth-order valence-corrected chi connectivity index (χ4v) is 7.00. The zero-order valence-corrected chi connectivity index (χ0v) is 21.3. The Hall–Kier alpha value is -1.66. The summed E-state index contributed by atoms with van der Waals surface area (Å²) in [5.41, 5.74) is 0.480. The number of carbonyl (C=O) groups is 2. The average Bonchev–Trinajstić information content (AvgIpc) is 2.85. The number of morpholine rings is 1. The van der Waals surface area contributed by atoms with E-state index in [4.69, 9.17) is 4.74 Å². The van der Waals surface area contributed by atoms with Crippen molar-refractivity contribution in [2.75, 3.05) is 63.1 Å². The van der Waals surface area contributed by atoms with Crippen molar-refractivity contribution in [3.8, 4) is 0 Å². The Labute approximate surface area is 206 Å². The first-order valence-corrected chi connectivity index (χ1v) is 14.4. The summed E-state index contributed by atoms with van der Waals surface area (Å²) in [4.78, 5) is 30.1. The van der Waals surface area contributed by atoms with Gasteiger partial charge in [0.15, 0.2) is 0 Å². The molecule has 2 fully saturated rings. The number of hydrogen-bond donors (Lipinski definition) is 1. The van der Waals surface area contributed by atoms with Crippen molar-refractivity contribution >= 4 is 39.3 Å². The monoisotopic (exact) mass is 510 g/mol. The van der Waals surface area contributed by atoms with Gasteiger partial charge in [0.2, 0.25) is 21.8 Å². The van der Waals surface area contributed by atoms with Crippen molar-refractivity contribution < 1.29 is 22.7 Å². The van der Waals surface area contributed by atoms with Crippen LogP contribution in [0.4, 0.5) is 5.69 Å². The fourth-order valence-electron chi connectivity index (χ4n) is 4.65. The zero-order chi connectivity index (χ0) is 24.1. The highest BCUT2D eigenvalue weighted by atomic mass is 32.2. The lowest BCUT2D eigenvalue weighted by molar-refractivity contribution is -0.123. The third-order valence-electron chi connectivity index (χ3n) is 6.67. The van der Waals surface area contributed by atoms with Gasteiger partial charge in [-0.3, -0.25) is 9.59 Å². The molecule has 1 atom stereocenters. The Morgan fingerprint density at radius 3 is 2.76 bits per heavy atom. The molecule has 0 radical (unpaired) electrons. The third kappa shape index (κ3) is 5.93. The molecule has 0 bridgehead atoms. The maximum atomic E-state index is 13.1. The maximum absolute atomic E-state index is 13.1. The van der Waals surface area contributed by atoms with Gasteiger partial charge in [-0.2, -0.15) is 4.31 Å². The quantitative estimate of drug-likeness (QED) is 0.530. The van der Waals surface area contributed by atoms with Gasteiger partial charge in [0.25, 0.3) is 0 Å². The summed E-state index contributed by atoms with van der Waals surface area (Å²) in [6.07, 6.45) is 4.60. The molecule has 1 N–H and O–H groups in total. The Morgan fingerprint density at radius 2 is 2.00 bits per heavy atom. The van der Waals surface area contributed by atoms with E-state index < -0.39 is 10.0 Å². The highest BCUT2D eigenvalue weighted by Gasteiger charge is 2.31. The minimum absolute atomic E-state index is 0.117. The van der Waals surface area contributed by atoms with Crippen molar-refractivity contribution in [3.63, 3.8) is 0 Å². The second-order valence-electron chi connectivity index (χ2n) is 9.00. The molecule has 2 saturated heterocycles. The number of ether oxygens (including phenoxy) is 1. The van der Waals surface area contributed by atoms with E-state index in [-0.39, 0.29) is 29.0 Å². The average molecular weight is 511 g/mol. The fraction of sp³-hybridized carbons (Fsp3) is 0.652. The van der Waals surface area contributed by atoms with Crippen LogP contribution in [0.5, 0.6) is 0 Å². The first-order valence-electron chi connectivity index (χ1n) is 12.0. The van der Waals surface area contributed by atoms with Crippen LogP contribution in [0.2, 0.25) is 0 Å². The minimum Gasteiger partial charge on any atom is -0.379 e. The number of piperidine rings is 1. The highest BCUT2D eigenvalue weighted by Crippen LogP contribution is 2.37. The molecule has 3 heterocycles. The van der Waals surface area contributed by atoms with Crippen LogP contribution in [0.1, 0.15) is 32.6 Å². The number of nitrogens with one attached hydrogen (secondary N) is 1. The molecule has 34 heavy (non-hydrogen) atoms. The van der Waals surface area contributed by atoms with Gasteiger partial charge in [0, 0.05) is 37.1 Å². The Bertz CT molecular complexity index is 997. The molecule has 0 unspecified atom stereocenters. The van der Waals surface area contributed by atoms with Crippen LogP contribution >= 0.6 is 11.8 Å². The number of sulfonamides is 1. The van der Waals surface area contributed by atoms with Crippen LogP contribution in [0.3, 0.4) is 0 Å². The van der Waals surface area contributed by atoms with Gasteiger partial charge in [-0.25, -0.2) is 8.42 Å². The van der Waals surface area contributed by atoms with Crippen LogP contribution in [0.25, 0.3) is 0 Å². The summed E-state index contributed by atoms with van der Waals surface area (Å²) in [7, 11) is -3.70. The van der Waals surface area contributed by atoms with E-state index in [2.05, 4.69) is 17.1 Å². The number of amides is 2. The second-order valence-corrected chi connectivity index (χ2v) is 12.0. The number of carbonyl (C=O) groups excluding carboxylic acids is 2. The minimum atomic E-state index is -3.70. The predicted octanol–water partition coefficient (Wildman–Crippen LogP) is 1.53. The second kappa shape index (κ2) is 11.4. The number of thioether (sulfide) groups is 1. The largest absolute Gasteiger partial charge is 0.379 e. The van der Waals surface area contributed by atoms with Crippen LogP contribution in [0.15, 0.2) is 28.0 Å². The molecule has 9 nitrogen and oxygen atoms in total. The molecule has 1 aromatic carbocycles. The Morgan fingerprint density at radius 1 is 1.21 bits per heavy atom. The van der Waals surface area contributed by atoms with E-state index in [0.29, 0.717) is 44.6 Å². The summed E-state index contributed by atoms with van der Waals surface area (Å²) in [6, 6.07) is 5.42. The summed E-state index contributed by atoms with van der Waals surface area (Å²) in [5, 5.41) is 2.93. The van der Waals surface area contributed by atoms with Gasteiger partial charge in [0.05, 0.1) is 29.5 Å².